The summed E-state index contributed by atoms with van der Waals surface area (Å²) in [6, 6.07) is 27.8. The van der Waals surface area contributed by atoms with E-state index in [1.165, 1.54) is 12.7 Å². The Kier molecular flexibility index (Phi) is 15.2. The van der Waals surface area contributed by atoms with E-state index in [0.29, 0.717) is 23.8 Å². The Hall–Kier alpha value is -4.75. The third-order valence-electron chi connectivity index (χ3n) is 10.0. The van der Waals surface area contributed by atoms with Crippen molar-refractivity contribution in [1.82, 2.24) is 24.2 Å². The first-order valence-corrected chi connectivity index (χ1v) is 20.7. The Bertz CT molecular complexity index is 2110. The number of H-pyrrole nitrogens is 1. The van der Waals surface area contributed by atoms with Gasteiger partial charge in [-0.2, -0.15) is 5.26 Å². The molecule has 59 heavy (non-hydrogen) atoms. The minimum Gasteiger partial charge on any atom is -0.497 e. The van der Waals surface area contributed by atoms with Crippen LogP contribution in [0.4, 0.5) is 0 Å². The number of benzene rings is 3. The molecule has 1 fully saturated rings. The van der Waals surface area contributed by atoms with Crippen LogP contribution in [-0.4, -0.2) is 102 Å². The average molecular weight is 829 g/mol. The fourth-order valence-electron chi connectivity index (χ4n) is 7.37. The van der Waals surface area contributed by atoms with E-state index >= 15 is 0 Å². The predicted molar refractivity (Wildman–Crippen MR) is 222 cm³/mol. The summed E-state index contributed by atoms with van der Waals surface area (Å²) in [5.41, 5.74) is 1.45. The molecule has 15 nitrogen and oxygen atoms in total. The van der Waals surface area contributed by atoms with Crippen LogP contribution in [0.15, 0.2) is 96.3 Å². The Labute approximate surface area is 346 Å². The lowest BCUT2D eigenvalue weighted by molar-refractivity contribution is -0.0966. The second-order valence-corrected chi connectivity index (χ2v) is 15.8. The zero-order valence-corrected chi connectivity index (χ0v) is 35.4. The van der Waals surface area contributed by atoms with Crippen LogP contribution in [-0.2, 0) is 33.6 Å². The molecule has 1 saturated heterocycles. The van der Waals surface area contributed by atoms with E-state index in [-0.39, 0.29) is 49.4 Å². The first-order valence-electron chi connectivity index (χ1n) is 19.6. The highest BCUT2D eigenvalue weighted by Crippen LogP contribution is 2.51. The lowest BCUT2D eigenvalue weighted by Gasteiger charge is -2.39. The molecule has 3 heterocycles. The second kappa shape index (κ2) is 20.5. The highest BCUT2D eigenvalue weighted by molar-refractivity contribution is 7.44. The van der Waals surface area contributed by atoms with E-state index in [2.05, 4.69) is 53.4 Å². The quantitative estimate of drug-likeness (QED) is 0.0471. The number of aromatic amines is 1. The van der Waals surface area contributed by atoms with Crippen LogP contribution in [0, 0.1) is 11.3 Å². The Morgan fingerprint density at radius 1 is 0.864 bits per heavy atom. The van der Waals surface area contributed by atoms with E-state index in [9.17, 15) is 10.1 Å². The molecular weight excluding hydrogens is 775 g/mol. The summed E-state index contributed by atoms with van der Waals surface area (Å²) >= 11 is 0. The molecule has 0 bridgehead atoms. The largest absolute Gasteiger partial charge is 0.497 e. The zero-order chi connectivity index (χ0) is 41.9. The highest BCUT2D eigenvalue weighted by atomic mass is 31.2. The summed E-state index contributed by atoms with van der Waals surface area (Å²) < 4.78 is 55.0. The monoisotopic (exact) mass is 828 g/mol. The Morgan fingerprint density at radius 3 is 2.07 bits per heavy atom. The average Bonchev–Trinajstić information content (AvgIpc) is 3.83. The fourth-order valence-corrected chi connectivity index (χ4v) is 9.14. The summed E-state index contributed by atoms with van der Waals surface area (Å²) in [5.74, 6) is 1.39. The van der Waals surface area contributed by atoms with E-state index in [1.807, 2.05) is 78.9 Å². The van der Waals surface area contributed by atoms with Crippen LogP contribution >= 0.6 is 8.53 Å². The maximum atomic E-state index is 12.8. The van der Waals surface area contributed by atoms with Gasteiger partial charge in [-0.3, -0.25) is 9.36 Å². The van der Waals surface area contributed by atoms with Gasteiger partial charge >= 0.3 is 0 Å². The number of hydrogen-bond acceptors (Lipinski definition) is 13. The fraction of sp³-hybridized carbons (Fsp3) is 0.442. The Balaban J connectivity index is 1.50. The van der Waals surface area contributed by atoms with Gasteiger partial charge in [-0.15, -0.1) is 0 Å². The molecule has 16 heteroatoms. The highest BCUT2D eigenvalue weighted by Gasteiger charge is 2.51. The van der Waals surface area contributed by atoms with Gasteiger partial charge in [0.05, 0.1) is 65.8 Å². The molecule has 0 amide bonds. The number of methoxy groups -OCH3 is 3. The number of hydrogen-bond donors (Lipinski definition) is 1. The van der Waals surface area contributed by atoms with Gasteiger partial charge in [0, 0.05) is 19.2 Å². The van der Waals surface area contributed by atoms with Crippen LogP contribution in [0.5, 0.6) is 11.5 Å². The van der Waals surface area contributed by atoms with Crippen molar-refractivity contribution in [3.8, 4) is 17.6 Å². The third-order valence-corrected chi connectivity index (χ3v) is 12.2. The van der Waals surface area contributed by atoms with Crippen molar-refractivity contribution in [3.63, 3.8) is 0 Å². The van der Waals surface area contributed by atoms with Crippen molar-refractivity contribution in [1.29, 1.82) is 5.26 Å². The molecule has 1 unspecified atom stereocenters. The van der Waals surface area contributed by atoms with E-state index in [0.717, 1.165) is 16.7 Å². The molecule has 0 saturated carbocycles. The van der Waals surface area contributed by atoms with Crippen molar-refractivity contribution in [3.05, 3.63) is 119 Å². The molecule has 2 aromatic heterocycles. The maximum Gasteiger partial charge on any atom is 0.278 e. The van der Waals surface area contributed by atoms with E-state index in [1.54, 1.807) is 25.9 Å². The van der Waals surface area contributed by atoms with Gasteiger partial charge in [-0.1, -0.05) is 54.6 Å². The topological polar surface area (TPSA) is 164 Å². The van der Waals surface area contributed by atoms with Crippen molar-refractivity contribution in [2.24, 2.45) is 0 Å². The molecule has 314 valence electrons. The van der Waals surface area contributed by atoms with Crippen molar-refractivity contribution < 1.29 is 37.5 Å². The number of aromatic nitrogens is 4. The van der Waals surface area contributed by atoms with Crippen LogP contribution in [0.2, 0.25) is 0 Å². The maximum absolute atomic E-state index is 12.8. The number of rotatable bonds is 21. The van der Waals surface area contributed by atoms with Crippen molar-refractivity contribution in [2.75, 3.05) is 47.8 Å². The number of nitriles is 1. The van der Waals surface area contributed by atoms with Gasteiger partial charge in [-0.05, 0) is 68.7 Å². The summed E-state index contributed by atoms with van der Waals surface area (Å²) in [7, 11) is 3.08. The summed E-state index contributed by atoms with van der Waals surface area (Å²) in [6.07, 6.45) is -0.246. The lowest BCUT2D eigenvalue weighted by Crippen LogP contribution is -2.43. The molecule has 5 aromatic rings. The molecule has 0 spiro atoms. The molecule has 5 atom stereocenters. The molecule has 0 radical (unpaired) electrons. The molecule has 1 N–H and O–H groups in total. The molecule has 1 aliphatic rings. The third kappa shape index (κ3) is 9.67. The number of nitrogens with one attached hydrogen (secondary N) is 1. The first kappa shape index (κ1) is 43.8. The minimum absolute atomic E-state index is 0.0103. The lowest BCUT2D eigenvalue weighted by atomic mass is 9.80. The smallest absolute Gasteiger partial charge is 0.278 e. The van der Waals surface area contributed by atoms with Gasteiger partial charge in [0.15, 0.2) is 17.4 Å². The standard InChI is InChI=1S/C43H53N6O9P/c1-29(2)49(30(3)4)59(56-23-11-22-44)58-38-36(57-42(39(38)54-25-24-51-5)48-28-47-37-40(48)45-27-46-41(37)50)26-55-43(31-12-9-8-10-13-31,32-14-18-34(52-6)19-15-32)33-16-20-35(53-7)21-17-33/h8-10,12-21,27-30,36,38-39,42H,11,23-26H2,1-7H3,(H,45,46,50)/t36-,38-,39-,42-,59?/m1/s1. The van der Waals surface area contributed by atoms with Crippen LogP contribution < -0.4 is 15.0 Å². The van der Waals surface area contributed by atoms with Crippen LogP contribution in [0.3, 0.4) is 0 Å². The van der Waals surface area contributed by atoms with Crippen LogP contribution in [0.25, 0.3) is 11.2 Å². The number of fused-ring (bicyclic) bond motifs is 1. The van der Waals surface area contributed by atoms with Gasteiger partial charge < -0.3 is 42.5 Å². The van der Waals surface area contributed by atoms with Gasteiger partial charge in [0.1, 0.15) is 35.4 Å². The minimum atomic E-state index is -1.78. The molecular formula is C43H53N6O9P. The number of nitrogens with zero attached hydrogens (tertiary/aromatic N) is 5. The Morgan fingerprint density at radius 2 is 1.49 bits per heavy atom. The van der Waals surface area contributed by atoms with E-state index in [4.69, 9.17) is 37.5 Å². The molecule has 0 aliphatic carbocycles. The van der Waals surface area contributed by atoms with Gasteiger partial charge in [0.2, 0.25) is 0 Å². The summed E-state index contributed by atoms with van der Waals surface area (Å²) in [4.78, 5) is 24.3. The number of ether oxygens (including phenoxy) is 6. The zero-order valence-electron chi connectivity index (χ0n) is 34.5. The number of imidazole rings is 1. The molecule has 6 rings (SSSR count). The van der Waals surface area contributed by atoms with Crippen LogP contribution in [0.1, 0.15) is 57.0 Å². The first-order chi connectivity index (χ1) is 28.7. The normalized spacial score (nSPS) is 18.8. The summed E-state index contributed by atoms with van der Waals surface area (Å²) in [5, 5.41) is 9.46. The van der Waals surface area contributed by atoms with Gasteiger partial charge in [-0.25, -0.2) is 14.6 Å². The van der Waals surface area contributed by atoms with Crippen molar-refractivity contribution in [2.45, 2.75) is 76.3 Å². The second-order valence-electron chi connectivity index (χ2n) is 14.4. The molecule has 3 aromatic carbocycles. The molecule has 1 aliphatic heterocycles. The van der Waals surface area contributed by atoms with Gasteiger partial charge in [0.25, 0.3) is 14.1 Å². The van der Waals surface area contributed by atoms with Crippen molar-refractivity contribution >= 4 is 19.7 Å². The predicted octanol–water partition coefficient (Wildman–Crippen LogP) is 6.74. The van der Waals surface area contributed by atoms with E-state index < -0.39 is 38.7 Å². The SMILES string of the molecule is COCCO[C@@H]1[C@H](OP(OCCC#N)N(C(C)C)C(C)C)[C@@H](COC(c2ccccc2)(c2ccc(OC)cc2)c2ccc(OC)cc2)O[C@H]1n1cnc2c(=O)[nH]cnc21. The summed E-state index contributed by atoms with van der Waals surface area (Å²) in [6.45, 7) is 8.95.